The van der Waals surface area contributed by atoms with Crippen LogP contribution in [0.3, 0.4) is 0 Å². The summed E-state index contributed by atoms with van der Waals surface area (Å²) in [4.78, 5) is 28.9. The molecule has 0 spiro atoms. The van der Waals surface area contributed by atoms with Gasteiger partial charge in [0.25, 0.3) is 5.91 Å². The Balaban J connectivity index is 1.52. The lowest BCUT2D eigenvalue weighted by atomic mass is 10.2. The van der Waals surface area contributed by atoms with Crippen molar-refractivity contribution in [3.8, 4) is 0 Å². The van der Waals surface area contributed by atoms with Gasteiger partial charge >= 0.3 is 0 Å². The number of aromatic nitrogens is 2. The topological polar surface area (TPSA) is 89.2 Å². The lowest BCUT2D eigenvalue weighted by Crippen LogP contribution is -2.25. The molecular weight excluding hydrogens is 383 g/mol. The Kier molecular flexibility index (Phi) is 6.49. The molecule has 0 aliphatic heterocycles. The van der Waals surface area contributed by atoms with E-state index < -0.39 is 5.82 Å². The number of amides is 2. The van der Waals surface area contributed by atoms with Crippen molar-refractivity contribution in [3.05, 3.63) is 60.6 Å². The third-order valence-corrected chi connectivity index (χ3v) is 4.96. The molecule has 0 fully saturated rings. The predicted molar refractivity (Wildman–Crippen MR) is 103 cm³/mol. The lowest BCUT2D eigenvalue weighted by molar-refractivity contribution is -0.116. The molecule has 1 aromatic carbocycles. The van der Waals surface area contributed by atoms with E-state index in [1.54, 1.807) is 30.6 Å². The molecule has 146 valence electrons. The number of imidazole rings is 1. The molecule has 7 nitrogen and oxygen atoms in total. The summed E-state index contributed by atoms with van der Waals surface area (Å²) in [7, 11) is 1.86. The second-order valence-corrected chi connectivity index (χ2v) is 6.96. The van der Waals surface area contributed by atoms with E-state index >= 15 is 0 Å². The summed E-state index contributed by atoms with van der Waals surface area (Å²) in [6.45, 7) is 0.324. The third-order valence-electron chi connectivity index (χ3n) is 3.81. The Morgan fingerprint density at radius 1 is 1.32 bits per heavy atom. The van der Waals surface area contributed by atoms with Gasteiger partial charge in [0.2, 0.25) is 5.91 Å². The van der Waals surface area contributed by atoms with Gasteiger partial charge in [0, 0.05) is 37.3 Å². The van der Waals surface area contributed by atoms with Crippen molar-refractivity contribution in [2.24, 2.45) is 7.05 Å². The molecule has 2 aromatic heterocycles. The molecule has 0 aliphatic carbocycles. The van der Waals surface area contributed by atoms with Crippen LogP contribution in [0.4, 0.5) is 10.1 Å². The number of hydrogen-bond donors (Lipinski definition) is 2. The third kappa shape index (κ3) is 5.23. The van der Waals surface area contributed by atoms with Gasteiger partial charge in [0.1, 0.15) is 5.82 Å². The van der Waals surface area contributed by atoms with Crippen LogP contribution < -0.4 is 10.6 Å². The van der Waals surface area contributed by atoms with Gasteiger partial charge in [0.15, 0.2) is 10.9 Å². The normalized spacial score (nSPS) is 10.6. The van der Waals surface area contributed by atoms with E-state index in [1.807, 2.05) is 11.6 Å². The number of nitrogens with one attached hydrogen (secondary N) is 2. The molecule has 2 heterocycles. The zero-order chi connectivity index (χ0) is 19.9. The van der Waals surface area contributed by atoms with E-state index in [1.165, 1.54) is 30.2 Å². The second kappa shape index (κ2) is 9.23. The van der Waals surface area contributed by atoms with Crippen molar-refractivity contribution in [2.75, 3.05) is 11.9 Å². The summed E-state index contributed by atoms with van der Waals surface area (Å²) < 4.78 is 20.5. The molecule has 0 saturated carbocycles. The lowest BCUT2D eigenvalue weighted by Gasteiger charge is -2.11. The van der Waals surface area contributed by atoms with Crippen LogP contribution in [0.1, 0.15) is 23.4 Å². The maximum Gasteiger partial charge on any atom is 0.286 e. The standard InChI is InChI=1S/C19H19FN4O3S/c1-24-10-9-22-19(24)28-16-7-6-13(20)12-14(16)23-17(25)5-2-8-21-18(26)15-4-3-11-27-15/h3-4,6-7,9-12H,2,5,8H2,1H3,(H,21,26)(H,23,25). The summed E-state index contributed by atoms with van der Waals surface area (Å²) >= 11 is 1.33. The molecule has 0 saturated heterocycles. The van der Waals surface area contributed by atoms with Crippen molar-refractivity contribution < 1.29 is 18.4 Å². The number of hydrogen-bond acceptors (Lipinski definition) is 5. The number of furan rings is 1. The molecule has 0 aliphatic rings. The number of anilines is 1. The summed E-state index contributed by atoms with van der Waals surface area (Å²) in [6.07, 6.45) is 5.51. The average Bonchev–Trinajstić information content (AvgIpc) is 3.33. The first-order chi connectivity index (χ1) is 13.5. The largest absolute Gasteiger partial charge is 0.459 e. The number of benzene rings is 1. The van der Waals surface area contributed by atoms with Gasteiger partial charge in [0.05, 0.1) is 12.0 Å². The minimum atomic E-state index is -0.440. The molecule has 28 heavy (non-hydrogen) atoms. The minimum absolute atomic E-state index is 0.182. The van der Waals surface area contributed by atoms with Crippen LogP contribution in [0.25, 0.3) is 0 Å². The van der Waals surface area contributed by atoms with Gasteiger partial charge in [-0.3, -0.25) is 9.59 Å². The highest BCUT2D eigenvalue weighted by Crippen LogP contribution is 2.33. The minimum Gasteiger partial charge on any atom is -0.459 e. The number of nitrogens with zero attached hydrogens (tertiary/aromatic N) is 2. The highest BCUT2D eigenvalue weighted by atomic mass is 32.2. The van der Waals surface area contributed by atoms with E-state index in [4.69, 9.17) is 4.42 Å². The van der Waals surface area contributed by atoms with E-state index in [0.717, 1.165) is 5.16 Å². The molecule has 3 rings (SSSR count). The van der Waals surface area contributed by atoms with Crippen molar-refractivity contribution >= 4 is 29.3 Å². The fourth-order valence-electron chi connectivity index (χ4n) is 2.40. The fraction of sp³-hybridized carbons (Fsp3) is 0.211. The first kappa shape index (κ1) is 19.7. The van der Waals surface area contributed by atoms with Gasteiger partial charge in [-0.15, -0.1) is 0 Å². The first-order valence-corrected chi connectivity index (χ1v) is 9.41. The van der Waals surface area contributed by atoms with Crippen LogP contribution in [-0.2, 0) is 11.8 Å². The van der Waals surface area contributed by atoms with Crippen molar-refractivity contribution in [1.82, 2.24) is 14.9 Å². The van der Waals surface area contributed by atoms with Crippen LogP contribution in [0.5, 0.6) is 0 Å². The number of carbonyl (C=O) groups excluding carboxylic acids is 2. The van der Waals surface area contributed by atoms with Crippen molar-refractivity contribution in [3.63, 3.8) is 0 Å². The van der Waals surface area contributed by atoms with Crippen LogP contribution in [0, 0.1) is 5.82 Å². The molecule has 2 N–H and O–H groups in total. The van der Waals surface area contributed by atoms with Crippen molar-refractivity contribution in [2.45, 2.75) is 22.9 Å². The molecular formula is C19H19FN4O3S. The highest BCUT2D eigenvalue weighted by molar-refractivity contribution is 7.99. The van der Waals surface area contributed by atoms with Gasteiger partial charge in [-0.05, 0) is 48.5 Å². The zero-order valence-electron chi connectivity index (χ0n) is 15.1. The highest BCUT2D eigenvalue weighted by Gasteiger charge is 2.12. The Hall–Kier alpha value is -3.07. The maximum absolute atomic E-state index is 13.6. The molecule has 2 amide bonds. The van der Waals surface area contributed by atoms with E-state index in [0.29, 0.717) is 23.5 Å². The maximum atomic E-state index is 13.6. The second-order valence-electron chi connectivity index (χ2n) is 5.95. The Morgan fingerprint density at radius 3 is 2.89 bits per heavy atom. The fourth-order valence-corrected chi connectivity index (χ4v) is 3.27. The number of carbonyl (C=O) groups is 2. The van der Waals surface area contributed by atoms with E-state index in [-0.39, 0.29) is 24.0 Å². The van der Waals surface area contributed by atoms with Crippen LogP contribution in [0.2, 0.25) is 0 Å². The summed E-state index contributed by atoms with van der Waals surface area (Å²) in [5.74, 6) is -0.811. The SMILES string of the molecule is Cn1ccnc1Sc1ccc(F)cc1NC(=O)CCCNC(=O)c1ccco1. The van der Waals surface area contributed by atoms with Gasteiger partial charge in [-0.1, -0.05) is 0 Å². The number of rotatable bonds is 8. The molecule has 3 aromatic rings. The Morgan fingerprint density at radius 2 is 2.18 bits per heavy atom. The Labute approximate surface area is 165 Å². The van der Waals surface area contributed by atoms with E-state index in [9.17, 15) is 14.0 Å². The molecule has 0 atom stereocenters. The van der Waals surface area contributed by atoms with Gasteiger partial charge < -0.3 is 19.6 Å². The smallest absolute Gasteiger partial charge is 0.286 e. The zero-order valence-corrected chi connectivity index (χ0v) is 16.0. The average molecular weight is 402 g/mol. The van der Waals surface area contributed by atoms with Crippen LogP contribution >= 0.6 is 11.8 Å². The summed E-state index contributed by atoms with van der Waals surface area (Å²) in [5.41, 5.74) is 0.387. The van der Waals surface area contributed by atoms with Gasteiger partial charge in [-0.2, -0.15) is 0 Å². The number of halogens is 1. The predicted octanol–water partition coefficient (Wildman–Crippen LogP) is 3.45. The van der Waals surface area contributed by atoms with Crippen LogP contribution in [0.15, 0.2) is 63.5 Å². The van der Waals surface area contributed by atoms with Crippen molar-refractivity contribution in [1.29, 1.82) is 0 Å². The summed E-state index contributed by atoms with van der Waals surface area (Å²) in [6, 6.07) is 7.41. The number of aryl methyl sites for hydroxylation is 1. The van der Waals surface area contributed by atoms with Gasteiger partial charge in [-0.25, -0.2) is 9.37 Å². The summed E-state index contributed by atoms with van der Waals surface area (Å²) in [5, 5.41) is 6.13. The molecule has 0 radical (unpaired) electrons. The monoisotopic (exact) mass is 402 g/mol. The quantitative estimate of drug-likeness (QED) is 0.564. The first-order valence-electron chi connectivity index (χ1n) is 8.59. The van der Waals surface area contributed by atoms with E-state index in [2.05, 4.69) is 15.6 Å². The molecule has 9 heteroatoms. The molecule has 0 bridgehead atoms. The van der Waals surface area contributed by atoms with Crippen LogP contribution in [-0.4, -0.2) is 27.9 Å². The Bertz CT molecular complexity index is 956. The molecule has 0 unspecified atom stereocenters.